The lowest BCUT2D eigenvalue weighted by molar-refractivity contribution is -0.142. The molecule has 35 heavy (non-hydrogen) atoms. The van der Waals surface area contributed by atoms with E-state index < -0.39 is 24.0 Å². The van der Waals surface area contributed by atoms with Gasteiger partial charge in [-0.15, -0.1) is 0 Å². The van der Waals surface area contributed by atoms with E-state index in [0.717, 1.165) is 28.7 Å². The summed E-state index contributed by atoms with van der Waals surface area (Å²) >= 11 is 0. The minimum absolute atomic E-state index is 0.0468. The summed E-state index contributed by atoms with van der Waals surface area (Å²) in [5.41, 5.74) is 4.92. The van der Waals surface area contributed by atoms with Crippen molar-refractivity contribution < 1.29 is 24.2 Å². The van der Waals surface area contributed by atoms with Gasteiger partial charge >= 0.3 is 12.1 Å². The summed E-state index contributed by atoms with van der Waals surface area (Å²) in [5.74, 6) is -1.58. The molecule has 2 aromatic carbocycles. The van der Waals surface area contributed by atoms with E-state index in [4.69, 9.17) is 4.74 Å². The maximum Gasteiger partial charge on any atom is 0.411 e. The Morgan fingerprint density at radius 3 is 2.37 bits per heavy atom. The number of carbonyl (C=O) groups is 3. The molecule has 182 valence electrons. The molecule has 0 spiro atoms. The van der Waals surface area contributed by atoms with Crippen molar-refractivity contribution in [3.63, 3.8) is 0 Å². The summed E-state index contributed by atoms with van der Waals surface area (Å²) in [6.45, 7) is 1.97. The van der Waals surface area contributed by atoms with Gasteiger partial charge in [-0.3, -0.25) is 14.8 Å². The molecule has 3 aromatic rings. The molecule has 2 amide bonds. The molecule has 1 atom stereocenters. The van der Waals surface area contributed by atoms with E-state index in [-0.39, 0.29) is 19.1 Å². The van der Waals surface area contributed by atoms with Crippen LogP contribution in [0.2, 0.25) is 0 Å². The van der Waals surface area contributed by atoms with Gasteiger partial charge in [-0.2, -0.15) is 5.10 Å². The third-order valence-electron chi connectivity index (χ3n) is 6.01. The minimum atomic E-state index is -1.06. The molecule has 1 heterocycles. The number of hydrogen-bond acceptors (Lipinski definition) is 5. The number of aromatic nitrogens is 2. The number of aliphatic carboxylic acids is 1. The van der Waals surface area contributed by atoms with Gasteiger partial charge in [0, 0.05) is 12.1 Å². The second-order valence-corrected chi connectivity index (χ2v) is 8.48. The molecule has 1 aliphatic rings. The number of nitrogens with zero attached hydrogens (tertiary/aromatic N) is 2. The first-order valence-electron chi connectivity index (χ1n) is 11.6. The van der Waals surface area contributed by atoms with Crippen LogP contribution in [-0.4, -0.2) is 45.5 Å². The number of carboxylic acids is 1. The van der Waals surface area contributed by atoms with E-state index in [1.54, 1.807) is 0 Å². The van der Waals surface area contributed by atoms with Gasteiger partial charge in [0.05, 0.1) is 11.9 Å². The van der Waals surface area contributed by atoms with E-state index in [0.29, 0.717) is 18.5 Å². The van der Waals surface area contributed by atoms with Gasteiger partial charge < -0.3 is 15.2 Å². The number of anilines is 1. The highest BCUT2D eigenvalue weighted by Crippen LogP contribution is 2.44. The summed E-state index contributed by atoms with van der Waals surface area (Å²) < 4.78 is 6.85. The first-order chi connectivity index (χ1) is 17.0. The zero-order valence-corrected chi connectivity index (χ0v) is 19.4. The summed E-state index contributed by atoms with van der Waals surface area (Å²) in [4.78, 5) is 36.0. The number of carbonyl (C=O) groups excluding carboxylic acids is 2. The average molecular weight is 477 g/mol. The highest BCUT2D eigenvalue weighted by Gasteiger charge is 2.29. The van der Waals surface area contributed by atoms with Crippen LogP contribution in [0.15, 0.2) is 60.9 Å². The van der Waals surface area contributed by atoms with E-state index in [1.165, 1.54) is 17.1 Å². The predicted octanol–water partition coefficient (Wildman–Crippen LogP) is 4.00. The molecular weight excluding hydrogens is 448 g/mol. The molecule has 0 aliphatic heterocycles. The summed E-state index contributed by atoms with van der Waals surface area (Å²) in [5, 5.41) is 18.4. The van der Waals surface area contributed by atoms with Gasteiger partial charge in [0.15, 0.2) is 0 Å². The van der Waals surface area contributed by atoms with Crippen LogP contribution in [0.25, 0.3) is 11.1 Å². The minimum Gasteiger partial charge on any atom is -0.480 e. The van der Waals surface area contributed by atoms with Gasteiger partial charge in [0.2, 0.25) is 5.91 Å². The smallest absolute Gasteiger partial charge is 0.411 e. The topological polar surface area (TPSA) is 123 Å². The fourth-order valence-corrected chi connectivity index (χ4v) is 4.32. The monoisotopic (exact) mass is 476 g/mol. The largest absolute Gasteiger partial charge is 0.480 e. The summed E-state index contributed by atoms with van der Waals surface area (Å²) in [7, 11) is 0. The second-order valence-electron chi connectivity index (χ2n) is 8.48. The Morgan fingerprint density at radius 1 is 1.09 bits per heavy atom. The molecule has 0 fully saturated rings. The van der Waals surface area contributed by atoms with E-state index in [1.807, 2.05) is 43.3 Å². The molecule has 3 N–H and O–H groups in total. The van der Waals surface area contributed by atoms with Crippen molar-refractivity contribution >= 4 is 23.7 Å². The second kappa shape index (κ2) is 10.9. The number of unbranched alkanes of at least 4 members (excludes halogenated alkanes) is 1. The molecule has 0 bridgehead atoms. The molecule has 9 heteroatoms. The van der Waals surface area contributed by atoms with E-state index in [9.17, 15) is 19.5 Å². The molecular formula is C26H28N4O5. The third kappa shape index (κ3) is 5.68. The number of nitrogens with one attached hydrogen (secondary N) is 2. The first kappa shape index (κ1) is 24.0. The molecule has 0 saturated heterocycles. The zero-order valence-electron chi connectivity index (χ0n) is 19.4. The Hall–Kier alpha value is -4.14. The normalized spacial score (nSPS) is 12.9. The number of ether oxygens (including phenoxy) is 1. The Balaban J connectivity index is 1.30. The van der Waals surface area contributed by atoms with Gasteiger partial charge in [-0.1, -0.05) is 68.3 Å². The number of rotatable bonds is 10. The molecule has 0 radical (unpaired) electrons. The fourth-order valence-electron chi connectivity index (χ4n) is 4.32. The standard InChI is InChI=1S/C26H28N4O5/c1-2-3-12-23(25(32)33)29-24(31)15-30-14-17(13-27-30)28-26(34)35-16-22-20-10-6-4-8-18(20)19-9-5-7-11-21(19)22/h4-11,13-14,22-23H,2-3,12,15-16H2,1H3,(H,28,34)(H,29,31)(H,32,33)/t23-/m0/s1. The molecule has 9 nitrogen and oxygen atoms in total. The fraction of sp³-hybridized carbons (Fsp3) is 0.308. The van der Waals surface area contributed by atoms with E-state index >= 15 is 0 Å². The van der Waals surface area contributed by atoms with Crippen LogP contribution < -0.4 is 10.6 Å². The quantitative estimate of drug-likeness (QED) is 0.406. The van der Waals surface area contributed by atoms with Crippen molar-refractivity contribution in [1.82, 2.24) is 15.1 Å². The maximum absolute atomic E-state index is 12.4. The van der Waals surface area contributed by atoms with Crippen LogP contribution >= 0.6 is 0 Å². The highest BCUT2D eigenvalue weighted by atomic mass is 16.5. The molecule has 0 saturated carbocycles. The zero-order chi connectivity index (χ0) is 24.8. The number of carboxylic acid groups (broad SMARTS) is 1. The van der Waals surface area contributed by atoms with Crippen LogP contribution in [0.1, 0.15) is 43.2 Å². The van der Waals surface area contributed by atoms with Crippen molar-refractivity contribution in [2.45, 2.75) is 44.7 Å². The van der Waals surface area contributed by atoms with Crippen LogP contribution in [0, 0.1) is 0 Å². The lowest BCUT2D eigenvalue weighted by Gasteiger charge is -2.14. The van der Waals surface area contributed by atoms with Crippen LogP contribution in [0.3, 0.4) is 0 Å². The lowest BCUT2D eigenvalue weighted by Crippen LogP contribution is -2.42. The number of fused-ring (bicyclic) bond motifs is 3. The Kier molecular flexibility index (Phi) is 7.45. The molecule has 0 unspecified atom stereocenters. The Bertz CT molecular complexity index is 1180. The number of benzene rings is 2. The predicted molar refractivity (Wildman–Crippen MR) is 130 cm³/mol. The third-order valence-corrected chi connectivity index (χ3v) is 6.01. The van der Waals surface area contributed by atoms with Crippen LogP contribution in [0.5, 0.6) is 0 Å². The number of hydrogen-bond donors (Lipinski definition) is 3. The summed E-state index contributed by atoms with van der Waals surface area (Å²) in [6, 6.07) is 15.3. The van der Waals surface area contributed by atoms with E-state index in [2.05, 4.69) is 27.9 Å². The highest BCUT2D eigenvalue weighted by molar-refractivity contribution is 5.85. The maximum atomic E-state index is 12.4. The van der Waals surface area contributed by atoms with Gasteiger partial charge in [0.25, 0.3) is 0 Å². The van der Waals surface area contributed by atoms with Crippen LogP contribution in [0.4, 0.5) is 10.5 Å². The Labute approximate surface area is 203 Å². The molecule has 1 aliphatic carbocycles. The molecule has 1 aromatic heterocycles. The van der Waals surface area contributed by atoms with Gasteiger partial charge in [0.1, 0.15) is 19.2 Å². The summed E-state index contributed by atoms with van der Waals surface area (Å²) in [6.07, 6.45) is 4.17. The van der Waals surface area contributed by atoms with Gasteiger partial charge in [-0.05, 0) is 28.7 Å². The van der Waals surface area contributed by atoms with Crippen LogP contribution in [-0.2, 0) is 20.9 Å². The van der Waals surface area contributed by atoms with Crippen molar-refractivity contribution in [3.8, 4) is 11.1 Å². The first-order valence-corrected chi connectivity index (χ1v) is 11.6. The van der Waals surface area contributed by atoms with Crippen molar-refractivity contribution in [2.24, 2.45) is 0 Å². The SMILES string of the molecule is CCCC[C@H](NC(=O)Cn1cc(NC(=O)OCC2c3ccccc3-c3ccccc32)cn1)C(=O)O. The van der Waals surface area contributed by atoms with Crippen molar-refractivity contribution in [3.05, 3.63) is 72.1 Å². The van der Waals surface area contributed by atoms with Crippen molar-refractivity contribution in [2.75, 3.05) is 11.9 Å². The number of amides is 2. The molecule has 4 rings (SSSR count). The van der Waals surface area contributed by atoms with Gasteiger partial charge in [-0.25, -0.2) is 9.59 Å². The Morgan fingerprint density at radius 2 is 1.74 bits per heavy atom. The average Bonchev–Trinajstić information content (AvgIpc) is 3.41. The lowest BCUT2D eigenvalue weighted by atomic mass is 9.98. The van der Waals surface area contributed by atoms with Crippen molar-refractivity contribution in [1.29, 1.82) is 0 Å².